The quantitative estimate of drug-likeness (QED) is 0.878. The molecular weight excluding hydrogens is 331 g/mol. The molecule has 2 aromatic rings. The molecule has 0 radical (unpaired) electrons. The molecule has 0 aliphatic heterocycles. The second-order valence-electron chi connectivity index (χ2n) is 4.59. The van der Waals surface area contributed by atoms with Crippen molar-refractivity contribution in [3.8, 4) is 0 Å². The number of nitrogens with one attached hydrogen (secondary N) is 1. The van der Waals surface area contributed by atoms with Crippen molar-refractivity contribution < 1.29 is 21.2 Å². The highest BCUT2D eigenvalue weighted by Crippen LogP contribution is 2.21. The number of benzene rings is 2. The second-order valence-corrected chi connectivity index (χ2v) is 7.80. The molecule has 0 unspecified atom stereocenters. The topological polar surface area (TPSA) is 106 Å². The first kappa shape index (κ1) is 16.4. The van der Waals surface area contributed by atoms with Gasteiger partial charge in [0, 0.05) is 0 Å². The van der Waals surface area contributed by atoms with Crippen molar-refractivity contribution in [2.24, 2.45) is 5.14 Å². The summed E-state index contributed by atoms with van der Waals surface area (Å²) in [6, 6.07) is 8.34. The Morgan fingerprint density at radius 1 is 1.05 bits per heavy atom. The minimum absolute atomic E-state index is 0.0373. The van der Waals surface area contributed by atoms with E-state index in [0.29, 0.717) is 0 Å². The van der Waals surface area contributed by atoms with Crippen molar-refractivity contribution in [2.75, 3.05) is 4.72 Å². The molecule has 0 amide bonds. The third-order valence-corrected chi connectivity index (χ3v) is 5.29. The first-order valence-electron chi connectivity index (χ1n) is 6.01. The fraction of sp³-hybridized carbons (Fsp3) is 0.0769. The van der Waals surface area contributed by atoms with Gasteiger partial charge in [-0.1, -0.05) is 6.07 Å². The summed E-state index contributed by atoms with van der Waals surface area (Å²) < 4.78 is 62.4. The number of nitrogens with two attached hydrogens (primary N) is 1. The standard InChI is InChI=1S/C13H13FN2O4S2/c1-9-7-10(14)5-6-13(9)22(19,20)16-11-3-2-4-12(8-11)21(15,17)18/h2-8,16H,1H3,(H2,15,17,18). The van der Waals surface area contributed by atoms with Crippen LogP contribution in [0.3, 0.4) is 0 Å². The molecule has 3 N–H and O–H groups in total. The zero-order valence-electron chi connectivity index (χ0n) is 11.4. The monoisotopic (exact) mass is 344 g/mol. The largest absolute Gasteiger partial charge is 0.280 e. The smallest absolute Gasteiger partial charge is 0.262 e. The Bertz CT molecular complexity index is 925. The van der Waals surface area contributed by atoms with E-state index in [9.17, 15) is 21.2 Å². The van der Waals surface area contributed by atoms with E-state index >= 15 is 0 Å². The first-order chi connectivity index (χ1) is 10.1. The molecule has 22 heavy (non-hydrogen) atoms. The van der Waals surface area contributed by atoms with Gasteiger partial charge in [0.25, 0.3) is 10.0 Å². The normalized spacial score (nSPS) is 12.1. The molecule has 0 aliphatic rings. The van der Waals surface area contributed by atoms with Gasteiger partial charge in [-0.25, -0.2) is 26.4 Å². The maximum Gasteiger partial charge on any atom is 0.262 e. The summed E-state index contributed by atoms with van der Waals surface area (Å²) in [5.41, 5.74) is 0.269. The van der Waals surface area contributed by atoms with Crippen molar-refractivity contribution in [1.82, 2.24) is 0 Å². The van der Waals surface area contributed by atoms with E-state index in [2.05, 4.69) is 4.72 Å². The Balaban J connectivity index is 2.41. The molecule has 0 aliphatic carbocycles. The summed E-state index contributed by atoms with van der Waals surface area (Å²) in [6.45, 7) is 1.46. The number of hydrogen-bond acceptors (Lipinski definition) is 4. The Morgan fingerprint density at radius 2 is 1.73 bits per heavy atom. The third-order valence-electron chi connectivity index (χ3n) is 2.84. The molecule has 2 rings (SSSR count). The number of aryl methyl sites for hydroxylation is 1. The molecule has 0 saturated heterocycles. The van der Waals surface area contributed by atoms with E-state index in [1.54, 1.807) is 0 Å². The van der Waals surface area contributed by atoms with E-state index in [4.69, 9.17) is 5.14 Å². The number of hydrogen-bond donors (Lipinski definition) is 2. The Labute approximate surface area is 127 Å². The van der Waals surface area contributed by atoms with Gasteiger partial charge in [-0.05, 0) is 48.9 Å². The van der Waals surface area contributed by atoms with Crippen molar-refractivity contribution in [2.45, 2.75) is 16.7 Å². The van der Waals surface area contributed by atoms with Crippen molar-refractivity contribution in [3.05, 3.63) is 53.8 Å². The van der Waals surface area contributed by atoms with Gasteiger partial charge < -0.3 is 0 Å². The molecule has 0 saturated carbocycles. The lowest BCUT2D eigenvalue weighted by molar-refractivity contribution is 0.595. The molecule has 0 fully saturated rings. The van der Waals surface area contributed by atoms with Crippen molar-refractivity contribution in [1.29, 1.82) is 0 Å². The summed E-state index contributed by atoms with van der Waals surface area (Å²) in [7, 11) is -7.92. The molecule has 0 heterocycles. The van der Waals surface area contributed by atoms with Crippen LogP contribution in [-0.4, -0.2) is 16.8 Å². The highest BCUT2D eigenvalue weighted by molar-refractivity contribution is 7.92. The average Bonchev–Trinajstić information content (AvgIpc) is 2.36. The Kier molecular flexibility index (Phi) is 4.23. The fourth-order valence-corrected chi connectivity index (χ4v) is 3.70. The van der Waals surface area contributed by atoms with Gasteiger partial charge in [0.05, 0.1) is 15.5 Å². The number of anilines is 1. The third kappa shape index (κ3) is 3.62. The lowest BCUT2D eigenvalue weighted by Gasteiger charge is -2.11. The second kappa shape index (κ2) is 5.67. The van der Waals surface area contributed by atoms with Crippen LogP contribution in [0.15, 0.2) is 52.3 Å². The van der Waals surface area contributed by atoms with E-state index in [1.807, 2.05) is 0 Å². The number of sulfonamides is 2. The van der Waals surface area contributed by atoms with Crippen LogP contribution >= 0.6 is 0 Å². The van der Waals surface area contributed by atoms with E-state index < -0.39 is 25.9 Å². The summed E-state index contributed by atoms with van der Waals surface area (Å²) in [4.78, 5) is -0.321. The molecule has 118 valence electrons. The summed E-state index contributed by atoms with van der Waals surface area (Å²) in [5.74, 6) is -0.548. The van der Waals surface area contributed by atoms with Crippen LogP contribution in [0.25, 0.3) is 0 Å². The van der Waals surface area contributed by atoms with Gasteiger partial charge in [-0.3, -0.25) is 4.72 Å². The zero-order valence-corrected chi connectivity index (χ0v) is 13.1. The molecule has 9 heteroatoms. The minimum Gasteiger partial charge on any atom is -0.280 e. The molecule has 0 atom stereocenters. The van der Waals surface area contributed by atoms with Crippen LogP contribution in [0.5, 0.6) is 0 Å². The molecular formula is C13H13FN2O4S2. The molecule has 0 aromatic heterocycles. The maximum atomic E-state index is 13.1. The molecule has 2 aromatic carbocycles. The summed E-state index contributed by atoms with van der Waals surface area (Å²) in [6.07, 6.45) is 0. The van der Waals surface area contributed by atoms with Crippen LogP contribution < -0.4 is 9.86 Å². The van der Waals surface area contributed by atoms with Crippen LogP contribution in [0.1, 0.15) is 5.56 Å². The zero-order chi connectivity index (χ0) is 16.5. The summed E-state index contributed by atoms with van der Waals surface area (Å²) >= 11 is 0. The Morgan fingerprint density at radius 3 is 2.32 bits per heavy atom. The number of halogens is 1. The van der Waals surface area contributed by atoms with Crippen LogP contribution in [0, 0.1) is 12.7 Å². The lowest BCUT2D eigenvalue weighted by Crippen LogP contribution is -2.16. The molecule has 0 bridgehead atoms. The van der Waals surface area contributed by atoms with Gasteiger partial charge in [-0.2, -0.15) is 0 Å². The van der Waals surface area contributed by atoms with E-state index in [1.165, 1.54) is 25.1 Å². The average molecular weight is 344 g/mol. The van der Waals surface area contributed by atoms with Crippen LogP contribution in [-0.2, 0) is 20.0 Å². The van der Waals surface area contributed by atoms with E-state index in [0.717, 1.165) is 24.3 Å². The number of rotatable bonds is 4. The highest BCUT2D eigenvalue weighted by Gasteiger charge is 2.18. The molecule has 0 spiro atoms. The van der Waals surface area contributed by atoms with Crippen LogP contribution in [0.4, 0.5) is 10.1 Å². The first-order valence-corrected chi connectivity index (χ1v) is 9.04. The van der Waals surface area contributed by atoms with Gasteiger partial charge >= 0.3 is 0 Å². The maximum absolute atomic E-state index is 13.1. The number of primary sulfonamides is 1. The SMILES string of the molecule is Cc1cc(F)ccc1S(=O)(=O)Nc1cccc(S(N)(=O)=O)c1. The minimum atomic E-state index is -3.98. The van der Waals surface area contributed by atoms with Crippen LogP contribution in [0.2, 0.25) is 0 Å². The summed E-state index contributed by atoms with van der Waals surface area (Å²) in [5, 5.41) is 4.99. The van der Waals surface area contributed by atoms with Crippen molar-refractivity contribution >= 4 is 25.7 Å². The van der Waals surface area contributed by atoms with Gasteiger partial charge in [0.1, 0.15) is 5.82 Å². The molecule has 6 nitrogen and oxygen atoms in total. The van der Waals surface area contributed by atoms with E-state index in [-0.39, 0.29) is 21.0 Å². The van der Waals surface area contributed by atoms with Gasteiger partial charge in [0.2, 0.25) is 10.0 Å². The predicted molar refractivity (Wildman–Crippen MR) is 79.8 cm³/mol. The fourth-order valence-electron chi connectivity index (χ4n) is 1.86. The van der Waals surface area contributed by atoms with Gasteiger partial charge in [0.15, 0.2) is 0 Å². The highest BCUT2D eigenvalue weighted by atomic mass is 32.2. The lowest BCUT2D eigenvalue weighted by atomic mass is 10.2. The predicted octanol–water partition coefficient (Wildman–Crippen LogP) is 1.58. The van der Waals surface area contributed by atoms with Crippen molar-refractivity contribution in [3.63, 3.8) is 0 Å². The Hall–Kier alpha value is -1.97. The van der Waals surface area contributed by atoms with Gasteiger partial charge in [-0.15, -0.1) is 0 Å².